The molecule has 1 aliphatic rings. The van der Waals surface area contributed by atoms with Gasteiger partial charge in [-0.2, -0.15) is 0 Å². The van der Waals surface area contributed by atoms with Gasteiger partial charge in [-0.3, -0.25) is 9.78 Å². The topological polar surface area (TPSA) is 99.6 Å². The SMILES string of the molecule is C[C@H](OC(=O)c1cnccn1)C(=O)NCc1ccc2c(c1)OCO2. The van der Waals surface area contributed by atoms with E-state index in [0.29, 0.717) is 11.5 Å². The van der Waals surface area contributed by atoms with Crippen LogP contribution in [-0.2, 0) is 16.1 Å². The van der Waals surface area contributed by atoms with Crippen LogP contribution in [0.5, 0.6) is 11.5 Å². The van der Waals surface area contributed by atoms with Gasteiger partial charge in [-0.15, -0.1) is 0 Å². The highest BCUT2D eigenvalue weighted by molar-refractivity contribution is 5.90. The third kappa shape index (κ3) is 3.60. The molecule has 1 aliphatic heterocycles. The van der Waals surface area contributed by atoms with Crippen molar-refractivity contribution in [1.82, 2.24) is 15.3 Å². The van der Waals surface area contributed by atoms with Crippen LogP contribution in [0.1, 0.15) is 23.0 Å². The summed E-state index contributed by atoms with van der Waals surface area (Å²) < 4.78 is 15.6. The number of rotatable bonds is 5. The van der Waals surface area contributed by atoms with E-state index in [1.54, 1.807) is 12.1 Å². The Kier molecular flexibility index (Phi) is 4.55. The van der Waals surface area contributed by atoms with Crippen molar-refractivity contribution in [2.45, 2.75) is 19.6 Å². The number of nitrogens with one attached hydrogen (secondary N) is 1. The van der Waals surface area contributed by atoms with E-state index in [1.165, 1.54) is 25.5 Å². The van der Waals surface area contributed by atoms with Crippen LogP contribution in [0.4, 0.5) is 0 Å². The first-order chi connectivity index (χ1) is 11.6. The third-order valence-electron chi connectivity index (χ3n) is 3.33. The average molecular weight is 329 g/mol. The summed E-state index contributed by atoms with van der Waals surface area (Å²) in [5.74, 6) is 0.207. The van der Waals surface area contributed by atoms with Gasteiger partial charge in [0.1, 0.15) is 0 Å². The van der Waals surface area contributed by atoms with Gasteiger partial charge in [-0.05, 0) is 24.6 Å². The van der Waals surface area contributed by atoms with Gasteiger partial charge >= 0.3 is 5.97 Å². The maximum atomic E-state index is 12.0. The Morgan fingerprint density at radius 3 is 2.92 bits per heavy atom. The van der Waals surface area contributed by atoms with E-state index in [2.05, 4.69) is 15.3 Å². The van der Waals surface area contributed by atoms with E-state index in [1.807, 2.05) is 6.07 Å². The predicted octanol–water partition coefficient (Wildman–Crippen LogP) is 1.07. The largest absolute Gasteiger partial charge is 0.454 e. The molecule has 0 aliphatic carbocycles. The van der Waals surface area contributed by atoms with Crippen molar-refractivity contribution in [1.29, 1.82) is 0 Å². The Hall–Kier alpha value is -3.16. The van der Waals surface area contributed by atoms with E-state index < -0.39 is 18.0 Å². The zero-order chi connectivity index (χ0) is 16.9. The molecule has 0 saturated carbocycles. The van der Waals surface area contributed by atoms with Gasteiger partial charge in [0, 0.05) is 18.9 Å². The molecule has 0 saturated heterocycles. The predicted molar refractivity (Wildman–Crippen MR) is 81.3 cm³/mol. The molecule has 1 N–H and O–H groups in total. The molecule has 3 rings (SSSR count). The first-order valence-electron chi connectivity index (χ1n) is 7.27. The summed E-state index contributed by atoms with van der Waals surface area (Å²) in [5, 5.41) is 2.70. The highest BCUT2D eigenvalue weighted by Crippen LogP contribution is 2.32. The van der Waals surface area contributed by atoms with Crippen molar-refractivity contribution in [3.05, 3.63) is 48.0 Å². The highest BCUT2D eigenvalue weighted by Gasteiger charge is 2.20. The number of hydrogen-bond donors (Lipinski definition) is 1. The van der Waals surface area contributed by atoms with Gasteiger partial charge in [0.25, 0.3) is 5.91 Å². The van der Waals surface area contributed by atoms with Gasteiger partial charge < -0.3 is 19.5 Å². The summed E-state index contributed by atoms with van der Waals surface area (Å²) in [6, 6.07) is 5.39. The van der Waals surface area contributed by atoms with Crippen LogP contribution in [0.3, 0.4) is 0 Å². The van der Waals surface area contributed by atoms with Crippen molar-refractivity contribution < 1.29 is 23.8 Å². The molecule has 2 heterocycles. The summed E-state index contributed by atoms with van der Waals surface area (Å²) in [5.41, 5.74) is 0.896. The summed E-state index contributed by atoms with van der Waals surface area (Å²) in [4.78, 5) is 31.5. The van der Waals surface area contributed by atoms with E-state index in [9.17, 15) is 9.59 Å². The molecule has 0 radical (unpaired) electrons. The van der Waals surface area contributed by atoms with Gasteiger partial charge in [0.05, 0.1) is 6.20 Å². The van der Waals surface area contributed by atoms with Crippen LogP contribution in [-0.4, -0.2) is 34.7 Å². The Bertz CT molecular complexity index is 751. The quantitative estimate of drug-likeness (QED) is 0.819. The molecule has 8 nitrogen and oxygen atoms in total. The van der Waals surface area contributed by atoms with Crippen LogP contribution in [0.2, 0.25) is 0 Å². The fourth-order valence-electron chi connectivity index (χ4n) is 2.06. The van der Waals surface area contributed by atoms with Gasteiger partial charge in [-0.1, -0.05) is 6.07 Å². The Balaban J connectivity index is 1.52. The van der Waals surface area contributed by atoms with Gasteiger partial charge in [0.2, 0.25) is 6.79 Å². The minimum Gasteiger partial charge on any atom is -0.454 e. The number of benzene rings is 1. The monoisotopic (exact) mass is 329 g/mol. The average Bonchev–Trinajstić information content (AvgIpc) is 3.08. The molecule has 1 atom stereocenters. The number of esters is 1. The Labute approximate surface area is 137 Å². The van der Waals surface area contributed by atoms with Crippen LogP contribution in [0, 0.1) is 0 Å². The maximum absolute atomic E-state index is 12.0. The molecular weight excluding hydrogens is 314 g/mol. The second kappa shape index (κ2) is 6.95. The molecule has 0 bridgehead atoms. The second-order valence-electron chi connectivity index (χ2n) is 5.04. The molecule has 1 amide bonds. The summed E-state index contributed by atoms with van der Waals surface area (Å²) in [6.45, 7) is 1.96. The molecule has 0 fully saturated rings. The molecule has 2 aromatic rings. The van der Waals surface area contributed by atoms with Crippen molar-refractivity contribution in [3.8, 4) is 11.5 Å². The number of carbonyl (C=O) groups excluding carboxylic acids is 2. The third-order valence-corrected chi connectivity index (χ3v) is 3.33. The molecule has 0 spiro atoms. The second-order valence-corrected chi connectivity index (χ2v) is 5.04. The molecule has 1 aromatic heterocycles. The molecule has 24 heavy (non-hydrogen) atoms. The normalized spacial score (nSPS) is 13.2. The molecular formula is C16H15N3O5. The highest BCUT2D eigenvalue weighted by atomic mass is 16.7. The zero-order valence-electron chi connectivity index (χ0n) is 12.9. The number of carbonyl (C=O) groups is 2. The van der Waals surface area contributed by atoms with Crippen LogP contribution < -0.4 is 14.8 Å². The number of nitrogens with zero attached hydrogens (tertiary/aromatic N) is 2. The first-order valence-corrected chi connectivity index (χ1v) is 7.27. The number of hydrogen-bond acceptors (Lipinski definition) is 7. The fourth-order valence-corrected chi connectivity index (χ4v) is 2.06. The summed E-state index contributed by atoms with van der Waals surface area (Å²) in [7, 11) is 0. The van der Waals surface area contributed by atoms with Crippen molar-refractivity contribution in [2.24, 2.45) is 0 Å². The number of ether oxygens (including phenoxy) is 3. The van der Waals surface area contributed by atoms with Crippen LogP contribution in [0.25, 0.3) is 0 Å². The first kappa shape index (κ1) is 15.7. The standard InChI is InChI=1S/C16H15N3O5/c1-10(24-16(21)12-8-17-4-5-18-12)15(20)19-7-11-2-3-13-14(6-11)23-9-22-13/h2-6,8,10H,7,9H2,1H3,(H,19,20)/t10-/m0/s1. The summed E-state index contributed by atoms with van der Waals surface area (Å²) >= 11 is 0. The zero-order valence-corrected chi connectivity index (χ0v) is 12.9. The maximum Gasteiger partial charge on any atom is 0.359 e. The molecule has 0 unspecified atom stereocenters. The van der Waals surface area contributed by atoms with Crippen molar-refractivity contribution >= 4 is 11.9 Å². The molecule has 1 aromatic carbocycles. The number of fused-ring (bicyclic) bond motifs is 1. The van der Waals surface area contributed by atoms with E-state index in [0.717, 1.165) is 5.56 Å². The Morgan fingerprint density at radius 1 is 1.29 bits per heavy atom. The minimum atomic E-state index is -0.950. The lowest BCUT2D eigenvalue weighted by molar-refractivity contribution is -0.129. The molecule has 124 valence electrons. The molecule has 8 heteroatoms. The smallest absolute Gasteiger partial charge is 0.359 e. The Morgan fingerprint density at radius 2 is 2.12 bits per heavy atom. The number of amides is 1. The fraction of sp³-hybridized carbons (Fsp3) is 0.250. The van der Waals surface area contributed by atoms with E-state index >= 15 is 0 Å². The lowest BCUT2D eigenvalue weighted by atomic mass is 10.2. The lowest BCUT2D eigenvalue weighted by Crippen LogP contribution is -2.35. The van der Waals surface area contributed by atoms with E-state index in [4.69, 9.17) is 14.2 Å². The van der Waals surface area contributed by atoms with Crippen LogP contribution in [0.15, 0.2) is 36.8 Å². The number of aromatic nitrogens is 2. The van der Waals surface area contributed by atoms with E-state index in [-0.39, 0.29) is 19.0 Å². The van der Waals surface area contributed by atoms with Crippen LogP contribution >= 0.6 is 0 Å². The minimum absolute atomic E-state index is 0.0490. The van der Waals surface area contributed by atoms with Crippen molar-refractivity contribution in [3.63, 3.8) is 0 Å². The van der Waals surface area contributed by atoms with Gasteiger partial charge in [0.15, 0.2) is 23.3 Å². The summed E-state index contributed by atoms with van der Waals surface area (Å²) in [6.07, 6.45) is 3.15. The van der Waals surface area contributed by atoms with Crippen molar-refractivity contribution in [2.75, 3.05) is 6.79 Å². The van der Waals surface area contributed by atoms with Gasteiger partial charge in [-0.25, -0.2) is 9.78 Å². The lowest BCUT2D eigenvalue weighted by Gasteiger charge is -2.13.